The zero-order valence-electron chi connectivity index (χ0n) is 38.8. The summed E-state index contributed by atoms with van der Waals surface area (Å²) in [5.41, 5.74) is 5.33. The number of aromatic nitrogens is 5. The van der Waals surface area contributed by atoms with Crippen molar-refractivity contribution in [1.82, 2.24) is 39.5 Å². The third-order valence-electron chi connectivity index (χ3n) is 13.9. The lowest BCUT2D eigenvalue weighted by molar-refractivity contribution is -0.120. The summed E-state index contributed by atoms with van der Waals surface area (Å²) >= 11 is 6.40. The normalized spacial score (nSPS) is 20.9. The quantitative estimate of drug-likeness (QED) is 0.108. The molecule has 1 saturated carbocycles. The highest BCUT2D eigenvalue weighted by molar-refractivity contribution is 6.34. The van der Waals surface area contributed by atoms with Gasteiger partial charge in [0.1, 0.15) is 17.0 Å². The molecule has 68 heavy (non-hydrogen) atoms. The van der Waals surface area contributed by atoms with Gasteiger partial charge in [0.15, 0.2) is 11.3 Å². The van der Waals surface area contributed by atoms with Gasteiger partial charge in [0.25, 0.3) is 18.2 Å². The highest BCUT2D eigenvalue weighted by atomic mass is 35.5. The zero-order valence-corrected chi connectivity index (χ0v) is 39.6. The van der Waals surface area contributed by atoms with E-state index in [1.807, 2.05) is 24.8 Å². The van der Waals surface area contributed by atoms with E-state index in [0.717, 1.165) is 77.4 Å². The lowest BCUT2D eigenvalue weighted by Gasteiger charge is -2.37. The largest absolute Gasteiger partial charge is 0.444 e. The summed E-state index contributed by atoms with van der Waals surface area (Å²) in [6, 6.07) is 6.10. The highest BCUT2D eigenvalue weighted by Crippen LogP contribution is 2.36. The Morgan fingerprint density at radius 1 is 1.01 bits per heavy atom. The first kappa shape index (κ1) is 48.6. The van der Waals surface area contributed by atoms with Crippen LogP contribution < -0.4 is 26.2 Å². The summed E-state index contributed by atoms with van der Waals surface area (Å²) in [7, 11) is 2.13. The zero-order chi connectivity index (χ0) is 48.3. The number of primary amides is 1. The molecule has 0 spiro atoms. The topological polar surface area (TPSA) is 206 Å². The minimum Gasteiger partial charge on any atom is -0.444 e. The molecule has 0 bridgehead atoms. The molecule has 1 atom stereocenters. The second-order valence-corrected chi connectivity index (χ2v) is 19.9. The molecule has 0 unspecified atom stereocenters. The molecule has 18 nitrogen and oxygen atoms in total. The van der Waals surface area contributed by atoms with Gasteiger partial charge < -0.3 is 30.5 Å². The van der Waals surface area contributed by atoms with Crippen molar-refractivity contribution in [2.24, 2.45) is 23.5 Å². The summed E-state index contributed by atoms with van der Waals surface area (Å²) in [6.07, 6.45) is 9.72. The molecule has 3 aliphatic heterocycles. The van der Waals surface area contributed by atoms with Crippen molar-refractivity contribution in [3.05, 3.63) is 64.7 Å². The number of rotatable bonds is 15. The van der Waals surface area contributed by atoms with E-state index in [0.29, 0.717) is 65.6 Å². The van der Waals surface area contributed by atoms with E-state index in [9.17, 15) is 32.8 Å². The second-order valence-electron chi connectivity index (χ2n) is 19.5. The van der Waals surface area contributed by atoms with Crippen LogP contribution in [-0.4, -0.2) is 122 Å². The van der Waals surface area contributed by atoms with Crippen LogP contribution in [0, 0.1) is 17.8 Å². The maximum absolute atomic E-state index is 14.4. The minimum atomic E-state index is -2.90. The number of hydrogen-bond acceptors (Lipinski definition) is 11. The van der Waals surface area contributed by atoms with Gasteiger partial charge in [-0.2, -0.15) is 10.2 Å². The molecule has 6 heterocycles. The van der Waals surface area contributed by atoms with E-state index in [1.54, 1.807) is 29.1 Å². The molecule has 3 saturated heterocycles. The maximum Gasteiger partial charge on any atom is 0.405 e. The number of nitrogens with one attached hydrogen (secondary N) is 2. The van der Waals surface area contributed by atoms with Crippen molar-refractivity contribution in [3.8, 4) is 0 Å². The molecule has 8 rings (SSSR count). The molecular weight excluding hydrogens is 902 g/mol. The molecule has 6 amide bonds. The number of carbonyl (C=O) groups excluding carboxylic acids is 5. The number of piperidine rings is 2. The number of alkyl halides is 2. The van der Waals surface area contributed by atoms with Crippen molar-refractivity contribution in [1.29, 1.82) is 0 Å². The number of likely N-dealkylation sites (tertiary alicyclic amines) is 1. The van der Waals surface area contributed by atoms with Gasteiger partial charge in [0.05, 0.1) is 28.6 Å². The SMILES string of the molecule is CN(CCC1CCN(C(=O)c2ccc(Cl)c(N3CCC(=O)NC3=O)c2)CC1)CC1CCC(n2cc(NC(=O)c3cnn4ccc(N5CCC[C@@H](CC(C)(C)OC(N)=O)C5)nc34)c(C(F)F)n2)CC1. The Labute approximate surface area is 398 Å². The molecule has 4 fully saturated rings. The van der Waals surface area contributed by atoms with E-state index in [1.165, 1.54) is 21.8 Å². The van der Waals surface area contributed by atoms with Crippen LogP contribution in [0.1, 0.15) is 123 Å². The molecule has 3 aromatic heterocycles. The Morgan fingerprint density at radius 2 is 1.78 bits per heavy atom. The van der Waals surface area contributed by atoms with Gasteiger partial charge in [-0.1, -0.05) is 11.6 Å². The molecule has 4 aliphatic rings. The molecule has 21 heteroatoms. The number of anilines is 3. The molecule has 1 aliphatic carbocycles. The van der Waals surface area contributed by atoms with Gasteiger partial charge in [-0.25, -0.2) is 27.9 Å². The van der Waals surface area contributed by atoms with Gasteiger partial charge in [0, 0.05) is 63.6 Å². The van der Waals surface area contributed by atoms with Crippen LogP contribution in [0.5, 0.6) is 0 Å². The van der Waals surface area contributed by atoms with Crippen LogP contribution in [0.2, 0.25) is 5.02 Å². The Bertz CT molecular complexity index is 2500. The first-order valence-electron chi connectivity index (χ1n) is 23.6. The van der Waals surface area contributed by atoms with Crippen molar-refractivity contribution in [2.45, 2.75) is 103 Å². The Hall–Kier alpha value is -5.89. The van der Waals surface area contributed by atoms with Gasteiger partial charge in [-0.05, 0) is 134 Å². The van der Waals surface area contributed by atoms with E-state index in [-0.39, 0.29) is 48.0 Å². The van der Waals surface area contributed by atoms with Gasteiger partial charge in [0.2, 0.25) is 5.91 Å². The highest BCUT2D eigenvalue weighted by Gasteiger charge is 2.33. The minimum absolute atomic E-state index is 0.0423. The molecular formula is C47H61ClF2N12O6. The Balaban J connectivity index is 0.796. The van der Waals surface area contributed by atoms with E-state index < -0.39 is 35.8 Å². The number of urea groups is 1. The lowest BCUT2D eigenvalue weighted by Crippen LogP contribution is -2.49. The van der Waals surface area contributed by atoms with E-state index >= 15 is 0 Å². The fourth-order valence-electron chi connectivity index (χ4n) is 10.5. The molecule has 4 N–H and O–H groups in total. The summed E-state index contributed by atoms with van der Waals surface area (Å²) in [5.74, 6) is 0.735. The third kappa shape index (κ3) is 11.5. The van der Waals surface area contributed by atoms with Crippen LogP contribution >= 0.6 is 11.6 Å². The smallest absolute Gasteiger partial charge is 0.405 e. The van der Waals surface area contributed by atoms with Crippen LogP contribution in [0.4, 0.5) is 35.6 Å². The predicted octanol–water partition coefficient (Wildman–Crippen LogP) is 7.30. The standard InChI is InChI=1S/C47H61ClF2N12O6/c1-47(2,68-45(51)66)24-31-5-4-17-59(27-31)38-15-22-61-42(54-38)34(25-52-61)43(64)53-36-28-62(56-40(36)41(49)50)33-9-6-30(7-10-33)26-57(3)18-12-29-13-19-58(20-14-29)44(65)32-8-11-35(48)37(23-32)60-21-16-39(63)55-46(60)67/h8,11,15,22-23,25,28-31,33,41H,4-7,9-10,12-14,16-21,24,26-27H2,1-3H3,(H2,51,66)(H,53,64)(H,55,63,67)/t30?,31-,33?/m0/s1. The number of benzene rings is 1. The average Bonchev–Trinajstić information content (AvgIpc) is 3.93. The van der Waals surface area contributed by atoms with Crippen molar-refractivity contribution in [3.63, 3.8) is 0 Å². The van der Waals surface area contributed by atoms with E-state index in [2.05, 4.69) is 37.7 Å². The third-order valence-corrected chi connectivity index (χ3v) is 14.3. The number of nitrogens with zero attached hydrogens (tertiary/aromatic N) is 9. The van der Waals surface area contributed by atoms with Crippen molar-refractivity contribution < 1.29 is 37.5 Å². The van der Waals surface area contributed by atoms with Crippen molar-refractivity contribution >= 4 is 64.3 Å². The maximum atomic E-state index is 14.4. The van der Waals surface area contributed by atoms with Gasteiger partial charge >= 0.3 is 12.1 Å². The molecule has 4 aromatic rings. The summed E-state index contributed by atoms with van der Waals surface area (Å²) < 4.78 is 37.2. The monoisotopic (exact) mass is 962 g/mol. The molecule has 1 aromatic carbocycles. The Morgan fingerprint density at radius 3 is 2.50 bits per heavy atom. The summed E-state index contributed by atoms with van der Waals surface area (Å²) in [6.45, 7) is 8.41. The fraction of sp³-hybridized carbons (Fsp3) is 0.574. The fourth-order valence-corrected chi connectivity index (χ4v) is 10.7. The average molecular weight is 964 g/mol. The number of ether oxygens (including phenoxy) is 1. The van der Waals surface area contributed by atoms with Crippen molar-refractivity contribution in [2.75, 3.05) is 68.0 Å². The predicted molar refractivity (Wildman–Crippen MR) is 251 cm³/mol. The van der Waals surface area contributed by atoms with Crippen LogP contribution in [0.25, 0.3) is 5.65 Å². The van der Waals surface area contributed by atoms with Gasteiger partial charge in [-0.3, -0.25) is 29.3 Å². The summed E-state index contributed by atoms with van der Waals surface area (Å²) in [4.78, 5) is 75.2. The lowest BCUT2D eigenvalue weighted by atomic mass is 9.85. The summed E-state index contributed by atoms with van der Waals surface area (Å²) in [5, 5.41) is 13.9. The number of carbonyl (C=O) groups is 5. The number of amides is 6. The molecule has 0 radical (unpaired) electrons. The first-order valence-corrected chi connectivity index (χ1v) is 24.0. The van der Waals surface area contributed by atoms with E-state index in [4.69, 9.17) is 27.1 Å². The van der Waals surface area contributed by atoms with Crippen LogP contribution in [0.15, 0.2) is 42.9 Å². The Kier molecular flexibility index (Phi) is 14.8. The first-order chi connectivity index (χ1) is 32.5. The number of hydrogen-bond donors (Lipinski definition) is 3. The number of fused-ring (bicyclic) bond motifs is 1. The van der Waals surface area contributed by atoms with Crippen LogP contribution in [0.3, 0.4) is 0 Å². The second kappa shape index (κ2) is 20.8. The van der Waals surface area contributed by atoms with Crippen LogP contribution in [-0.2, 0) is 9.53 Å². The number of halogens is 3. The number of nitrogens with two attached hydrogens (primary N) is 1. The molecule has 366 valence electrons. The number of imide groups is 1. The van der Waals surface area contributed by atoms with Gasteiger partial charge in [-0.15, -0.1) is 0 Å².